The minimum absolute atomic E-state index is 0.567. The van der Waals surface area contributed by atoms with Gasteiger partial charge in [-0.05, 0) is 0 Å². The largest absolute Gasteiger partial charge is 0.394 e. The second kappa shape index (κ2) is 7.89. The van der Waals surface area contributed by atoms with Crippen LogP contribution in [0.2, 0.25) is 0 Å². The van der Waals surface area contributed by atoms with Crippen molar-refractivity contribution in [2.24, 2.45) is 0 Å². The lowest BCUT2D eigenvalue weighted by Gasteiger charge is -2.45. The summed E-state index contributed by atoms with van der Waals surface area (Å²) in [7, 11) is 0. The molecule has 8 unspecified atom stereocenters. The first-order chi connectivity index (χ1) is 10.8. The maximum Gasteiger partial charge on any atom is 0.187 e. The van der Waals surface area contributed by atoms with Crippen LogP contribution in [0.15, 0.2) is 0 Å². The van der Waals surface area contributed by atoms with Gasteiger partial charge in [0.25, 0.3) is 0 Å². The van der Waals surface area contributed by atoms with Gasteiger partial charge in [-0.2, -0.15) is 0 Å². The van der Waals surface area contributed by atoms with E-state index in [1.165, 1.54) is 0 Å². The van der Waals surface area contributed by atoms with E-state index in [9.17, 15) is 30.6 Å². The average Bonchev–Trinajstić information content (AvgIpc) is 2.55. The number of aliphatic hydroxyl groups is 7. The molecule has 2 saturated heterocycles. The Bertz CT molecular complexity index is 383. The van der Waals surface area contributed by atoms with Crippen molar-refractivity contribution >= 4 is 12.6 Å². The molecule has 10 nitrogen and oxygen atoms in total. The van der Waals surface area contributed by atoms with Crippen LogP contribution in [0.25, 0.3) is 0 Å². The zero-order valence-electron chi connectivity index (χ0n) is 12.0. The molecule has 0 radical (unpaired) electrons. The minimum atomic E-state index is -1.68. The van der Waals surface area contributed by atoms with Crippen molar-refractivity contribution in [2.45, 2.75) is 60.6 Å². The quantitative estimate of drug-likeness (QED) is 0.229. The fraction of sp³-hybridized carbons (Fsp3) is 1.00. The maximum absolute atomic E-state index is 10.1. The molecule has 0 saturated carbocycles. The molecular weight excluding hydrogens is 336 g/mol. The number of thiol groups is 1. The van der Waals surface area contributed by atoms with Crippen LogP contribution in [0.5, 0.6) is 0 Å². The number of hydrogen-bond donors (Lipinski definition) is 8. The molecule has 0 aliphatic carbocycles. The Morgan fingerprint density at radius 1 is 0.739 bits per heavy atom. The molecule has 7 N–H and O–H groups in total. The lowest BCUT2D eigenvalue weighted by atomic mass is 9.97. The Labute approximate surface area is 137 Å². The molecule has 0 bridgehead atoms. The van der Waals surface area contributed by atoms with E-state index in [0.717, 1.165) is 0 Å². The lowest BCUT2D eigenvalue weighted by molar-refractivity contribution is -0.338. The van der Waals surface area contributed by atoms with E-state index >= 15 is 0 Å². The van der Waals surface area contributed by atoms with Gasteiger partial charge in [0.1, 0.15) is 54.3 Å². The summed E-state index contributed by atoms with van der Waals surface area (Å²) in [6.45, 7) is -1.21. The third-order valence-corrected chi connectivity index (χ3v) is 4.41. The van der Waals surface area contributed by atoms with Crippen LogP contribution in [0, 0.1) is 0 Å². The molecule has 11 heteroatoms. The van der Waals surface area contributed by atoms with Gasteiger partial charge in [0.15, 0.2) is 6.29 Å². The van der Waals surface area contributed by atoms with Gasteiger partial charge in [-0.1, -0.05) is 0 Å². The van der Waals surface area contributed by atoms with Crippen LogP contribution >= 0.6 is 12.6 Å². The summed E-state index contributed by atoms with van der Waals surface area (Å²) in [6.07, 6.45) is -12.9. The van der Waals surface area contributed by atoms with Crippen molar-refractivity contribution in [1.82, 2.24) is 0 Å². The van der Waals surface area contributed by atoms with Gasteiger partial charge in [0.2, 0.25) is 0 Å². The van der Waals surface area contributed by atoms with E-state index in [2.05, 4.69) is 12.6 Å². The number of rotatable bonds is 4. The first-order valence-electron chi connectivity index (χ1n) is 7.08. The lowest BCUT2D eigenvalue weighted by Crippen LogP contribution is -2.63. The van der Waals surface area contributed by atoms with Crippen LogP contribution in [-0.4, -0.2) is 110 Å². The van der Waals surface area contributed by atoms with E-state index in [-0.39, 0.29) is 0 Å². The van der Waals surface area contributed by atoms with Gasteiger partial charge in [0, 0.05) is 0 Å². The third kappa shape index (κ3) is 3.80. The van der Waals surface area contributed by atoms with Gasteiger partial charge in [-0.3, -0.25) is 0 Å². The fourth-order valence-electron chi connectivity index (χ4n) is 2.57. The smallest absolute Gasteiger partial charge is 0.187 e. The van der Waals surface area contributed by atoms with E-state index in [0.29, 0.717) is 0 Å². The zero-order chi connectivity index (χ0) is 17.3. The molecule has 2 heterocycles. The third-order valence-electron chi connectivity index (χ3n) is 3.98. The van der Waals surface area contributed by atoms with E-state index in [1.807, 2.05) is 0 Å². The van der Waals surface area contributed by atoms with Crippen LogP contribution in [-0.2, 0) is 14.2 Å². The Morgan fingerprint density at radius 3 is 1.91 bits per heavy atom. The SMILES string of the molecule is OCC1OC(O[C@@H]2C(CO)OC(S)C(O)C2O)C(O)C(O)[C@@H]1O. The summed E-state index contributed by atoms with van der Waals surface area (Å²) in [5.74, 6) is 0. The minimum Gasteiger partial charge on any atom is -0.394 e. The van der Waals surface area contributed by atoms with Crippen LogP contribution in [0.4, 0.5) is 0 Å². The second-order valence-electron chi connectivity index (χ2n) is 5.53. The van der Waals surface area contributed by atoms with Gasteiger partial charge in [-0.15, -0.1) is 12.6 Å². The molecule has 2 rings (SSSR count). The summed E-state index contributed by atoms with van der Waals surface area (Å²) >= 11 is 3.92. The molecule has 0 aromatic heterocycles. The normalized spacial score (nSPS) is 51.7. The first kappa shape index (κ1) is 19.3. The van der Waals surface area contributed by atoms with Gasteiger partial charge < -0.3 is 50.0 Å². The molecule has 0 aromatic carbocycles. The monoisotopic (exact) mass is 358 g/mol. The zero-order valence-corrected chi connectivity index (χ0v) is 12.9. The predicted molar refractivity (Wildman–Crippen MR) is 75.4 cm³/mol. The highest BCUT2D eigenvalue weighted by Crippen LogP contribution is 2.29. The van der Waals surface area contributed by atoms with Gasteiger partial charge in [-0.25, -0.2) is 0 Å². The van der Waals surface area contributed by atoms with Crippen LogP contribution < -0.4 is 0 Å². The summed E-state index contributed by atoms with van der Waals surface area (Å²) in [6, 6.07) is 0. The molecule has 2 aliphatic rings. The molecule has 23 heavy (non-hydrogen) atoms. The molecule has 0 aromatic rings. The van der Waals surface area contributed by atoms with Crippen molar-refractivity contribution in [3.8, 4) is 0 Å². The number of ether oxygens (including phenoxy) is 3. The summed E-state index contributed by atoms with van der Waals surface area (Å²) in [5.41, 5.74) is -1.04. The van der Waals surface area contributed by atoms with Gasteiger partial charge >= 0.3 is 0 Å². The molecule has 0 amide bonds. The summed E-state index contributed by atoms with van der Waals surface area (Å²) in [5, 5.41) is 67.6. The van der Waals surface area contributed by atoms with Crippen molar-refractivity contribution in [3.05, 3.63) is 0 Å². The van der Waals surface area contributed by atoms with Crippen molar-refractivity contribution in [2.75, 3.05) is 13.2 Å². The molecular formula is C12H22O10S. The molecule has 2 aliphatic heterocycles. The van der Waals surface area contributed by atoms with Crippen LogP contribution in [0.1, 0.15) is 0 Å². The summed E-state index contributed by atoms with van der Waals surface area (Å²) in [4.78, 5) is 0. The molecule has 10 atom stereocenters. The Hall–Kier alpha value is -0.0500. The Balaban J connectivity index is 2.11. The van der Waals surface area contributed by atoms with Gasteiger partial charge in [0.05, 0.1) is 13.2 Å². The number of hydrogen-bond acceptors (Lipinski definition) is 11. The molecule has 0 spiro atoms. The standard InChI is InChI=1S/C12H22O10S/c13-1-3-5(15)6(16)8(18)11(20-3)22-10-4(2-14)21-12(23)9(19)7(10)17/h3-19,23H,1-2H2/t3?,4?,5-,6?,7?,8?,9?,10-,11?,12?/m1/s1. The average molecular weight is 358 g/mol. The van der Waals surface area contributed by atoms with E-state index < -0.39 is 73.8 Å². The Morgan fingerprint density at radius 2 is 1.35 bits per heavy atom. The Kier molecular flexibility index (Phi) is 6.61. The predicted octanol–water partition coefficient (Wildman–Crippen LogP) is -4.46. The highest BCUT2D eigenvalue weighted by atomic mass is 32.1. The van der Waals surface area contributed by atoms with Crippen molar-refractivity contribution < 1.29 is 50.0 Å². The number of aliphatic hydroxyl groups excluding tert-OH is 7. The fourth-order valence-corrected chi connectivity index (χ4v) is 2.90. The van der Waals surface area contributed by atoms with Crippen LogP contribution in [0.3, 0.4) is 0 Å². The maximum atomic E-state index is 10.1. The molecule has 136 valence electrons. The summed E-state index contributed by atoms with van der Waals surface area (Å²) < 4.78 is 15.7. The topological polar surface area (TPSA) is 169 Å². The highest BCUT2D eigenvalue weighted by molar-refractivity contribution is 7.80. The first-order valence-corrected chi connectivity index (χ1v) is 7.60. The van der Waals surface area contributed by atoms with Crippen molar-refractivity contribution in [1.29, 1.82) is 0 Å². The second-order valence-corrected chi connectivity index (χ2v) is 6.04. The van der Waals surface area contributed by atoms with Crippen molar-refractivity contribution in [3.63, 3.8) is 0 Å². The van der Waals surface area contributed by atoms with E-state index in [1.54, 1.807) is 0 Å². The molecule has 2 fully saturated rings. The van der Waals surface area contributed by atoms with E-state index in [4.69, 9.17) is 19.3 Å². The highest BCUT2D eigenvalue weighted by Gasteiger charge is 2.49.